The van der Waals surface area contributed by atoms with Gasteiger partial charge in [-0.3, -0.25) is 9.80 Å². The van der Waals surface area contributed by atoms with Gasteiger partial charge in [0, 0.05) is 35.8 Å². The van der Waals surface area contributed by atoms with Gasteiger partial charge in [0.25, 0.3) is 0 Å². The molecule has 2 aliphatic heterocycles. The summed E-state index contributed by atoms with van der Waals surface area (Å²) in [6, 6.07) is 19.8. The van der Waals surface area contributed by atoms with Gasteiger partial charge in [-0.25, -0.2) is 5.01 Å². The maximum atomic E-state index is 13.8. The lowest BCUT2D eigenvalue weighted by Crippen LogP contribution is -2.52. The third-order valence-corrected chi connectivity index (χ3v) is 7.04. The molecule has 6 nitrogen and oxygen atoms in total. The summed E-state index contributed by atoms with van der Waals surface area (Å²) in [7, 11) is 0. The highest BCUT2D eigenvalue weighted by molar-refractivity contribution is 6.31. The molecule has 0 saturated carbocycles. The number of ketones is 1. The molecule has 1 aliphatic carbocycles. The Labute approximate surface area is 198 Å². The number of carbonyl (C=O) groups is 1. The number of ether oxygens (including phenoxy) is 1. The van der Waals surface area contributed by atoms with Gasteiger partial charge < -0.3 is 10.5 Å². The van der Waals surface area contributed by atoms with Crippen LogP contribution in [0.5, 0.6) is 0 Å². The Bertz CT molecular complexity index is 1180. The van der Waals surface area contributed by atoms with Crippen LogP contribution in [0.2, 0.25) is 5.02 Å². The van der Waals surface area contributed by atoms with Crippen molar-refractivity contribution in [1.29, 1.82) is 5.26 Å². The van der Waals surface area contributed by atoms with Gasteiger partial charge in [0.1, 0.15) is 5.82 Å². The van der Waals surface area contributed by atoms with Crippen LogP contribution in [-0.2, 0) is 9.53 Å². The second-order valence-corrected chi connectivity index (χ2v) is 8.95. The van der Waals surface area contributed by atoms with Crippen molar-refractivity contribution in [3.8, 4) is 6.07 Å². The van der Waals surface area contributed by atoms with Crippen LogP contribution in [0.3, 0.4) is 0 Å². The predicted octanol–water partition coefficient (Wildman–Crippen LogP) is 4.08. The number of halogens is 1. The Hall–Kier alpha value is -3.11. The summed E-state index contributed by atoms with van der Waals surface area (Å²) in [5.41, 5.74) is 10.4. The minimum atomic E-state index is -0.569. The third-order valence-electron chi connectivity index (χ3n) is 6.70. The Morgan fingerprint density at radius 1 is 1.03 bits per heavy atom. The first-order valence-electron chi connectivity index (χ1n) is 11.2. The maximum absolute atomic E-state index is 13.8. The van der Waals surface area contributed by atoms with Crippen LogP contribution in [0, 0.1) is 11.3 Å². The first-order chi connectivity index (χ1) is 16.1. The van der Waals surface area contributed by atoms with Crippen molar-refractivity contribution in [1.82, 2.24) is 10.0 Å². The number of allylic oxidation sites excluding steroid dienone is 3. The summed E-state index contributed by atoms with van der Waals surface area (Å²) < 4.78 is 5.54. The minimum absolute atomic E-state index is 0.0357. The van der Waals surface area contributed by atoms with Gasteiger partial charge in [0.15, 0.2) is 5.78 Å². The van der Waals surface area contributed by atoms with E-state index in [0.29, 0.717) is 61.1 Å². The minimum Gasteiger partial charge on any atom is -0.383 e. The fraction of sp³-hybridized carbons (Fsp3) is 0.308. The smallest absolute Gasteiger partial charge is 0.162 e. The average molecular weight is 461 g/mol. The van der Waals surface area contributed by atoms with Gasteiger partial charge in [-0.1, -0.05) is 60.1 Å². The number of morpholine rings is 1. The molecule has 2 N–H and O–H groups in total. The van der Waals surface area contributed by atoms with E-state index in [1.165, 1.54) is 0 Å². The monoisotopic (exact) mass is 460 g/mol. The van der Waals surface area contributed by atoms with Crippen LogP contribution in [0.1, 0.15) is 35.8 Å². The highest BCUT2D eigenvalue weighted by atomic mass is 35.5. The summed E-state index contributed by atoms with van der Waals surface area (Å²) in [5.74, 6) is -0.123. The molecular formula is C26H25ClN4O2. The molecule has 2 atom stereocenters. The number of hydrogen-bond acceptors (Lipinski definition) is 6. The lowest BCUT2D eigenvalue weighted by Gasteiger charge is -2.47. The van der Waals surface area contributed by atoms with Crippen LogP contribution in [0.4, 0.5) is 0 Å². The van der Waals surface area contributed by atoms with E-state index in [4.69, 9.17) is 22.1 Å². The first kappa shape index (κ1) is 21.7. The summed E-state index contributed by atoms with van der Waals surface area (Å²) in [5, 5.41) is 14.7. The molecule has 1 saturated heterocycles. The molecule has 3 aliphatic rings. The van der Waals surface area contributed by atoms with Crippen molar-refractivity contribution in [3.63, 3.8) is 0 Å². The van der Waals surface area contributed by atoms with Crippen molar-refractivity contribution < 1.29 is 9.53 Å². The first-order valence-corrected chi connectivity index (χ1v) is 11.6. The normalized spacial score (nSPS) is 24.0. The Balaban J connectivity index is 1.69. The summed E-state index contributed by atoms with van der Waals surface area (Å²) in [6.45, 7) is 2.41. The molecule has 0 radical (unpaired) electrons. The van der Waals surface area contributed by atoms with Gasteiger partial charge in [0.05, 0.1) is 30.8 Å². The number of nitrogens with two attached hydrogens (primary N) is 1. The molecule has 2 heterocycles. The molecule has 168 valence electrons. The number of benzene rings is 2. The predicted molar refractivity (Wildman–Crippen MR) is 126 cm³/mol. The molecule has 0 bridgehead atoms. The largest absolute Gasteiger partial charge is 0.383 e. The number of nitrogens with zero attached hydrogens (tertiary/aromatic N) is 3. The number of carbonyl (C=O) groups excluding carboxylic acids is 1. The fourth-order valence-corrected chi connectivity index (χ4v) is 5.41. The van der Waals surface area contributed by atoms with Gasteiger partial charge in [-0.15, -0.1) is 0 Å². The number of hydrogen-bond donors (Lipinski definition) is 1. The highest BCUT2D eigenvalue weighted by Crippen LogP contribution is 2.49. The van der Waals surface area contributed by atoms with E-state index < -0.39 is 5.92 Å². The molecule has 2 aromatic carbocycles. The van der Waals surface area contributed by atoms with Crippen LogP contribution < -0.4 is 5.73 Å². The summed E-state index contributed by atoms with van der Waals surface area (Å²) in [6.07, 6.45) is 1.04. The van der Waals surface area contributed by atoms with E-state index in [1.807, 2.05) is 41.4 Å². The molecule has 0 unspecified atom stereocenters. The fourth-order valence-electron chi connectivity index (χ4n) is 5.17. The number of hydrazine groups is 1. The van der Waals surface area contributed by atoms with E-state index in [2.05, 4.69) is 23.2 Å². The van der Waals surface area contributed by atoms with Crippen molar-refractivity contribution in [3.05, 3.63) is 93.4 Å². The molecule has 0 amide bonds. The zero-order valence-corrected chi connectivity index (χ0v) is 19.0. The summed E-state index contributed by atoms with van der Waals surface area (Å²) in [4.78, 5) is 13.8. The average Bonchev–Trinajstić information content (AvgIpc) is 2.85. The van der Waals surface area contributed by atoms with Crippen molar-refractivity contribution in [2.75, 3.05) is 26.3 Å². The van der Waals surface area contributed by atoms with Gasteiger partial charge in [-0.2, -0.15) is 5.26 Å². The lowest BCUT2D eigenvalue weighted by molar-refractivity contribution is -0.117. The van der Waals surface area contributed by atoms with E-state index >= 15 is 0 Å². The molecule has 5 rings (SSSR count). The zero-order chi connectivity index (χ0) is 22.9. The third kappa shape index (κ3) is 3.83. The van der Waals surface area contributed by atoms with Gasteiger partial charge >= 0.3 is 0 Å². The Morgan fingerprint density at radius 2 is 1.73 bits per heavy atom. The molecule has 1 fully saturated rings. The zero-order valence-electron chi connectivity index (χ0n) is 18.2. The van der Waals surface area contributed by atoms with Crippen LogP contribution in [0.25, 0.3) is 0 Å². The number of rotatable bonds is 3. The van der Waals surface area contributed by atoms with Gasteiger partial charge in [-0.05, 0) is 29.5 Å². The summed E-state index contributed by atoms with van der Waals surface area (Å²) >= 11 is 6.57. The Morgan fingerprint density at radius 3 is 2.42 bits per heavy atom. The van der Waals surface area contributed by atoms with Crippen molar-refractivity contribution >= 4 is 17.4 Å². The second kappa shape index (κ2) is 9.03. The van der Waals surface area contributed by atoms with E-state index in [0.717, 1.165) is 16.8 Å². The molecule has 0 aromatic heterocycles. The van der Waals surface area contributed by atoms with Gasteiger partial charge in [0.2, 0.25) is 0 Å². The number of Topliss-reactive ketones (excluding diaryl/α,β-unsaturated/α-hetero) is 1. The maximum Gasteiger partial charge on any atom is 0.162 e. The van der Waals surface area contributed by atoms with E-state index in [-0.39, 0.29) is 11.7 Å². The molecule has 33 heavy (non-hydrogen) atoms. The highest BCUT2D eigenvalue weighted by Gasteiger charge is 2.44. The SMILES string of the molecule is N#CC1=C(N)N(N2CCOCC2)C2=C(C(=O)C[C@@H](c3ccccc3)C2)[C@@H]1c1ccccc1Cl. The Kier molecular flexibility index (Phi) is 5.94. The standard InChI is InChI=1S/C26H25ClN4O2/c27-21-9-5-4-8-19(21)24-20(16-28)26(29)31(30-10-12-33-13-11-30)22-14-18(15-23(32)25(22)24)17-6-2-1-3-7-17/h1-9,18,24H,10-15,29H2/t18-,24+/m0/s1. The molecule has 7 heteroatoms. The second-order valence-electron chi connectivity index (χ2n) is 8.54. The number of nitriles is 1. The molecular weight excluding hydrogens is 436 g/mol. The quantitative estimate of drug-likeness (QED) is 0.743. The van der Waals surface area contributed by atoms with Crippen LogP contribution in [0.15, 0.2) is 77.3 Å². The van der Waals surface area contributed by atoms with Crippen molar-refractivity contribution in [2.24, 2.45) is 5.73 Å². The van der Waals surface area contributed by atoms with E-state index in [1.54, 1.807) is 6.07 Å². The molecule has 2 aromatic rings. The lowest BCUT2D eigenvalue weighted by atomic mass is 9.72. The topological polar surface area (TPSA) is 82.6 Å². The van der Waals surface area contributed by atoms with Crippen LogP contribution >= 0.6 is 11.6 Å². The van der Waals surface area contributed by atoms with E-state index in [9.17, 15) is 10.1 Å². The van der Waals surface area contributed by atoms with Crippen molar-refractivity contribution in [2.45, 2.75) is 24.7 Å². The van der Waals surface area contributed by atoms with Crippen LogP contribution in [-0.4, -0.2) is 42.1 Å². The molecule has 0 spiro atoms.